The Morgan fingerprint density at radius 3 is 1.94 bits per heavy atom. The van der Waals surface area contributed by atoms with Crippen LogP contribution in [0.4, 0.5) is 0 Å². The number of ether oxygens (including phenoxy) is 4. The van der Waals surface area contributed by atoms with Crippen LogP contribution in [-0.2, 0) is 28.5 Å². The normalized spacial score (nSPS) is 45.2. The third-order valence-electron chi connectivity index (χ3n) is 12.2. The number of esters is 1. The van der Waals surface area contributed by atoms with E-state index >= 15 is 0 Å². The summed E-state index contributed by atoms with van der Waals surface area (Å²) in [5.74, 6) is -6.82. The summed E-state index contributed by atoms with van der Waals surface area (Å²) in [4.78, 5) is 25.1. The SMILES string of the molecule is C[C@@H]1[C@H](O)[C@@H](C)/C=C\C=C/CC\C=C/C=C\C=C/C=C/[C@H](O[C@@H]2O[C@H](C)[C@@H](O)[C@H](N)[C@@H]2O)C[C@@H]2O[C@](O)(C[C@@H](O)[C@H](O)CC[C@@H](O)C[C@@H](O)C[C@@H](O)CC(=O)O[C@H]1C)C[C@H](O)[C@H]2C(=O)O. The van der Waals surface area contributed by atoms with Crippen molar-refractivity contribution in [3.8, 4) is 0 Å². The third kappa shape index (κ3) is 18.8. The first kappa shape index (κ1) is 56.1. The van der Waals surface area contributed by atoms with E-state index < -0.39 is 141 Å². The van der Waals surface area contributed by atoms with E-state index in [-0.39, 0.29) is 38.0 Å². The quantitative estimate of drug-likeness (QED) is 0.175. The van der Waals surface area contributed by atoms with Crippen LogP contribution in [0.5, 0.6) is 0 Å². The van der Waals surface area contributed by atoms with Gasteiger partial charge in [-0.3, -0.25) is 9.59 Å². The van der Waals surface area contributed by atoms with Gasteiger partial charge < -0.3 is 80.9 Å². The molecule has 2 bridgehead atoms. The molecule has 2 saturated heterocycles. The molecule has 18 nitrogen and oxygen atoms in total. The maximum atomic E-state index is 12.6. The van der Waals surface area contributed by atoms with Crippen molar-refractivity contribution in [2.75, 3.05) is 0 Å². The van der Waals surface area contributed by atoms with Gasteiger partial charge in [0.25, 0.3) is 0 Å². The molecule has 0 spiro atoms. The highest BCUT2D eigenvalue weighted by Gasteiger charge is 2.51. The number of aliphatic carboxylic acids is 1. The minimum atomic E-state index is -2.35. The monoisotopic (exact) mass is 926 g/mol. The Labute approximate surface area is 381 Å². The van der Waals surface area contributed by atoms with Gasteiger partial charge in [0.05, 0.1) is 79.6 Å². The second-order valence-electron chi connectivity index (χ2n) is 17.8. The molecule has 0 aromatic rings. The first-order chi connectivity index (χ1) is 30.6. The third-order valence-corrected chi connectivity index (χ3v) is 12.2. The van der Waals surface area contributed by atoms with Crippen molar-refractivity contribution >= 4 is 11.9 Å². The van der Waals surface area contributed by atoms with Gasteiger partial charge in [-0.2, -0.15) is 0 Å². The Morgan fingerprint density at radius 2 is 1.28 bits per heavy atom. The summed E-state index contributed by atoms with van der Waals surface area (Å²) in [5.41, 5.74) is 6.02. The van der Waals surface area contributed by atoms with Crippen molar-refractivity contribution < 1.29 is 84.7 Å². The molecule has 0 unspecified atom stereocenters. The number of aliphatic hydroxyl groups is 10. The van der Waals surface area contributed by atoms with Crippen LogP contribution >= 0.6 is 0 Å². The van der Waals surface area contributed by atoms with Crippen molar-refractivity contribution in [1.29, 1.82) is 0 Å². The summed E-state index contributed by atoms with van der Waals surface area (Å²) in [6, 6.07) is -1.14. The molecular weight excluding hydrogens is 851 g/mol. The molecule has 0 aromatic heterocycles. The molecule has 0 amide bonds. The zero-order valence-corrected chi connectivity index (χ0v) is 37.8. The second-order valence-corrected chi connectivity index (χ2v) is 17.8. The van der Waals surface area contributed by atoms with Crippen LogP contribution in [0.1, 0.15) is 91.9 Å². The summed E-state index contributed by atoms with van der Waals surface area (Å²) in [6.07, 6.45) is 2.28. The molecule has 0 aromatic carbocycles. The molecular formula is C47H75NO17. The lowest BCUT2D eigenvalue weighted by atomic mass is 9.82. The smallest absolute Gasteiger partial charge is 0.311 e. The number of nitrogens with two attached hydrogens (primary N) is 1. The molecule has 0 saturated carbocycles. The Bertz CT molecular complexity index is 1620. The molecule has 19 atom stereocenters. The van der Waals surface area contributed by atoms with Crippen molar-refractivity contribution in [2.24, 2.45) is 23.5 Å². The van der Waals surface area contributed by atoms with E-state index in [0.717, 1.165) is 12.8 Å². The van der Waals surface area contributed by atoms with E-state index in [1.165, 1.54) is 13.0 Å². The van der Waals surface area contributed by atoms with E-state index in [1.807, 2.05) is 49.5 Å². The lowest BCUT2D eigenvalue weighted by molar-refractivity contribution is -0.310. The molecule has 18 heteroatoms. The zero-order chi connectivity index (χ0) is 48.4. The number of cyclic esters (lactones) is 1. The second kappa shape index (κ2) is 27.6. The van der Waals surface area contributed by atoms with Crippen molar-refractivity contribution in [2.45, 2.75) is 189 Å². The van der Waals surface area contributed by atoms with Crippen LogP contribution in [0.2, 0.25) is 0 Å². The molecule has 3 aliphatic heterocycles. The molecule has 13 N–H and O–H groups in total. The topological polar surface area (TPSA) is 320 Å². The van der Waals surface area contributed by atoms with Gasteiger partial charge in [0.15, 0.2) is 12.1 Å². The van der Waals surface area contributed by atoms with Gasteiger partial charge in [0, 0.05) is 31.1 Å². The van der Waals surface area contributed by atoms with Crippen LogP contribution in [0.15, 0.2) is 72.9 Å². The molecule has 370 valence electrons. The average Bonchev–Trinajstić information content (AvgIpc) is 3.21. The number of hydrogen-bond donors (Lipinski definition) is 12. The van der Waals surface area contributed by atoms with Gasteiger partial charge in [0.1, 0.15) is 18.1 Å². The van der Waals surface area contributed by atoms with Gasteiger partial charge >= 0.3 is 11.9 Å². The van der Waals surface area contributed by atoms with E-state index in [0.29, 0.717) is 0 Å². The van der Waals surface area contributed by atoms with E-state index in [2.05, 4.69) is 0 Å². The number of carbonyl (C=O) groups excluding carboxylic acids is 1. The van der Waals surface area contributed by atoms with Gasteiger partial charge in [-0.15, -0.1) is 0 Å². The van der Waals surface area contributed by atoms with Crippen molar-refractivity contribution in [1.82, 2.24) is 0 Å². The molecule has 0 aliphatic carbocycles. The molecule has 65 heavy (non-hydrogen) atoms. The summed E-state index contributed by atoms with van der Waals surface area (Å²) in [6.45, 7) is 6.78. The van der Waals surface area contributed by atoms with Crippen LogP contribution in [0, 0.1) is 17.8 Å². The van der Waals surface area contributed by atoms with Crippen LogP contribution in [-0.4, -0.2) is 166 Å². The highest BCUT2D eigenvalue weighted by atomic mass is 16.7. The van der Waals surface area contributed by atoms with Gasteiger partial charge in [-0.25, -0.2) is 0 Å². The summed E-state index contributed by atoms with van der Waals surface area (Å²) in [7, 11) is 0. The lowest BCUT2D eigenvalue weighted by Gasteiger charge is -2.45. The maximum absolute atomic E-state index is 12.6. The zero-order valence-electron chi connectivity index (χ0n) is 37.8. The fraction of sp³-hybridized carbons (Fsp3) is 0.702. The van der Waals surface area contributed by atoms with Crippen molar-refractivity contribution in [3.05, 3.63) is 72.9 Å². The predicted octanol–water partition coefficient (Wildman–Crippen LogP) is 0.936. The largest absolute Gasteiger partial charge is 0.481 e. The molecule has 3 rings (SSSR count). The van der Waals surface area contributed by atoms with Crippen LogP contribution in [0.25, 0.3) is 0 Å². The lowest BCUT2D eigenvalue weighted by Crippen LogP contribution is -2.61. The van der Waals surface area contributed by atoms with Gasteiger partial charge in [0.2, 0.25) is 0 Å². The Hall–Kier alpha value is -3.18. The molecule has 3 aliphatic rings. The number of fused-ring (bicyclic) bond motifs is 2. The number of carboxylic acid groups (broad SMARTS) is 1. The number of aliphatic hydroxyl groups excluding tert-OH is 9. The predicted molar refractivity (Wildman–Crippen MR) is 237 cm³/mol. The highest BCUT2D eigenvalue weighted by Crippen LogP contribution is 2.38. The first-order valence-corrected chi connectivity index (χ1v) is 22.6. The Kier molecular flexibility index (Phi) is 23.8. The van der Waals surface area contributed by atoms with E-state index in [9.17, 15) is 65.8 Å². The van der Waals surface area contributed by atoms with Gasteiger partial charge in [-0.1, -0.05) is 86.8 Å². The first-order valence-electron chi connectivity index (χ1n) is 22.6. The highest BCUT2D eigenvalue weighted by molar-refractivity contribution is 5.71. The van der Waals surface area contributed by atoms with Crippen molar-refractivity contribution in [3.63, 3.8) is 0 Å². The van der Waals surface area contributed by atoms with Crippen LogP contribution in [0.3, 0.4) is 0 Å². The minimum Gasteiger partial charge on any atom is -0.481 e. The number of allylic oxidation sites excluding steroid dienone is 10. The number of carboxylic acids is 1. The summed E-state index contributed by atoms with van der Waals surface area (Å²) in [5, 5.41) is 118. The Balaban J connectivity index is 1.84. The number of carbonyl (C=O) groups is 2. The summed E-state index contributed by atoms with van der Waals surface area (Å²) >= 11 is 0. The molecule has 2 fully saturated rings. The fourth-order valence-corrected chi connectivity index (χ4v) is 8.11. The molecule has 3 heterocycles. The Morgan fingerprint density at radius 1 is 0.692 bits per heavy atom. The number of rotatable bonds is 3. The van der Waals surface area contributed by atoms with Crippen LogP contribution < -0.4 is 5.73 Å². The van der Waals surface area contributed by atoms with E-state index in [4.69, 9.17) is 24.7 Å². The summed E-state index contributed by atoms with van der Waals surface area (Å²) < 4.78 is 23.2. The minimum absolute atomic E-state index is 0.138. The number of hydrogen-bond acceptors (Lipinski definition) is 17. The van der Waals surface area contributed by atoms with E-state index in [1.54, 1.807) is 38.2 Å². The maximum Gasteiger partial charge on any atom is 0.311 e. The standard InChI is InChI=1S/C47H75NO17/c1-27-17-15-13-11-9-7-5-6-8-10-12-14-16-18-34(64-46-44(58)41(48)43(57)30(4)63-46)24-38-40(45(59)60)37(54)26-47(61,65-38)25-36(53)35(52)20-19-31(49)21-32(50)22-33(51)23-39(55)62-29(3)28(2)42(27)56/h5-6,8,10-18,27-38,40-44,46,49-54,56-58,61H,7,9,19-26,48H2,1-4H3,(H,59,60)/b6-5-,10-8-,13-11-,14-12-,17-15-,18-16+/t27-,28-,29-,30+,31+,32+,33+,34-,35+,36+,37-,38-,40+,41-,42+,43+,44-,46-,47+/m0/s1. The van der Waals surface area contributed by atoms with Gasteiger partial charge in [-0.05, 0) is 52.4 Å². The average molecular weight is 926 g/mol. The molecule has 0 radical (unpaired) electrons. The fourth-order valence-electron chi connectivity index (χ4n) is 8.11.